The number of carboxylic acid groups (broad SMARTS) is 1. The summed E-state index contributed by atoms with van der Waals surface area (Å²) in [7, 11) is -3.31. The zero-order valence-corrected chi connectivity index (χ0v) is 16.4. The van der Waals surface area contributed by atoms with Gasteiger partial charge in [0.15, 0.2) is 6.10 Å². The highest BCUT2D eigenvalue weighted by atomic mass is 32.2. The minimum Gasteiger partial charge on any atom is -0.481 e. The fourth-order valence-corrected chi connectivity index (χ4v) is 3.18. The highest BCUT2D eigenvalue weighted by Gasteiger charge is 2.26. The molecule has 1 aromatic rings. The van der Waals surface area contributed by atoms with Crippen molar-refractivity contribution < 1.29 is 27.9 Å². The molecule has 2 atom stereocenters. The highest BCUT2D eigenvalue weighted by Crippen LogP contribution is 2.26. The molecule has 0 fully saturated rings. The van der Waals surface area contributed by atoms with Crippen LogP contribution in [0, 0.1) is 0 Å². The largest absolute Gasteiger partial charge is 0.481 e. The van der Waals surface area contributed by atoms with Gasteiger partial charge in [-0.2, -0.15) is 0 Å². The van der Waals surface area contributed by atoms with Gasteiger partial charge in [-0.05, 0) is 30.9 Å². The van der Waals surface area contributed by atoms with Crippen LogP contribution in [0.2, 0.25) is 0 Å². The van der Waals surface area contributed by atoms with Crippen LogP contribution in [0.25, 0.3) is 0 Å². The van der Waals surface area contributed by atoms with Crippen LogP contribution in [0.3, 0.4) is 0 Å². The van der Waals surface area contributed by atoms with Crippen molar-refractivity contribution in [2.75, 3.05) is 11.5 Å². The highest BCUT2D eigenvalue weighted by molar-refractivity contribution is 7.91. The Morgan fingerprint density at radius 1 is 1.19 bits per heavy atom. The van der Waals surface area contributed by atoms with Crippen LogP contribution in [0.1, 0.15) is 45.6 Å². The van der Waals surface area contributed by atoms with Gasteiger partial charge in [0.2, 0.25) is 0 Å². The number of carboxylic acids is 1. The lowest BCUT2D eigenvalue weighted by atomic mass is 10.0. The zero-order valence-electron chi connectivity index (χ0n) is 15.6. The SMILES string of the molecule is CCS(=O)(=O)CCC(NC(=O)C(C)Oc1ccccc1C(C)C)C(=O)O. The molecule has 8 heteroatoms. The summed E-state index contributed by atoms with van der Waals surface area (Å²) >= 11 is 0. The number of aliphatic carboxylic acids is 1. The van der Waals surface area contributed by atoms with Crippen molar-refractivity contribution in [3.8, 4) is 5.75 Å². The summed E-state index contributed by atoms with van der Waals surface area (Å²) in [6.45, 7) is 7.02. The van der Waals surface area contributed by atoms with Gasteiger partial charge in [0.05, 0.1) is 5.75 Å². The minimum atomic E-state index is -3.31. The van der Waals surface area contributed by atoms with Gasteiger partial charge in [-0.15, -0.1) is 0 Å². The molecule has 7 nitrogen and oxygen atoms in total. The molecule has 1 rings (SSSR count). The van der Waals surface area contributed by atoms with Crippen LogP contribution in [0.4, 0.5) is 0 Å². The molecule has 0 saturated carbocycles. The Labute approximate surface area is 154 Å². The molecule has 0 bridgehead atoms. The average molecular weight is 385 g/mol. The first-order chi connectivity index (χ1) is 12.1. The molecule has 146 valence electrons. The van der Waals surface area contributed by atoms with E-state index in [2.05, 4.69) is 5.32 Å². The molecule has 26 heavy (non-hydrogen) atoms. The fourth-order valence-electron chi connectivity index (χ4n) is 2.30. The van der Waals surface area contributed by atoms with Gasteiger partial charge in [0.25, 0.3) is 5.91 Å². The maximum atomic E-state index is 12.3. The summed E-state index contributed by atoms with van der Waals surface area (Å²) in [5.74, 6) is -1.49. The quantitative estimate of drug-likeness (QED) is 0.637. The molecule has 0 aromatic heterocycles. The van der Waals surface area contributed by atoms with Crippen LogP contribution in [-0.4, -0.2) is 49.1 Å². The molecule has 0 aliphatic heterocycles. The lowest BCUT2D eigenvalue weighted by Gasteiger charge is -2.21. The third-order valence-electron chi connectivity index (χ3n) is 3.99. The number of rotatable bonds is 10. The van der Waals surface area contributed by atoms with Crippen molar-refractivity contribution >= 4 is 21.7 Å². The van der Waals surface area contributed by atoms with E-state index in [0.717, 1.165) is 5.56 Å². The average Bonchev–Trinajstić information content (AvgIpc) is 2.58. The van der Waals surface area contributed by atoms with Crippen LogP contribution in [0.15, 0.2) is 24.3 Å². The Morgan fingerprint density at radius 2 is 1.81 bits per heavy atom. The standard InChI is InChI=1S/C18H27NO6S/c1-5-26(23,24)11-10-15(18(21)22)19-17(20)13(4)25-16-9-7-6-8-14(16)12(2)3/h6-9,12-13,15H,5,10-11H2,1-4H3,(H,19,20)(H,21,22). The second-order valence-electron chi connectivity index (χ2n) is 6.38. The van der Waals surface area contributed by atoms with E-state index < -0.39 is 33.9 Å². The molecule has 0 aliphatic carbocycles. The Bertz CT molecular complexity index is 729. The molecule has 0 radical (unpaired) electrons. The van der Waals surface area contributed by atoms with Crippen molar-refractivity contribution in [2.45, 2.75) is 52.2 Å². The molecule has 1 aromatic carbocycles. The second-order valence-corrected chi connectivity index (χ2v) is 8.85. The van der Waals surface area contributed by atoms with E-state index in [1.54, 1.807) is 12.1 Å². The molecule has 0 saturated heterocycles. The molecular formula is C18H27NO6S. The van der Waals surface area contributed by atoms with E-state index in [9.17, 15) is 23.1 Å². The Balaban J connectivity index is 2.76. The third-order valence-corrected chi connectivity index (χ3v) is 5.72. The Kier molecular flexibility index (Phi) is 8.08. The van der Waals surface area contributed by atoms with Crippen molar-refractivity contribution in [1.82, 2.24) is 5.32 Å². The predicted octanol–water partition coefficient (Wildman–Crippen LogP) is 1.97. The van der Waals surface area contributed by atoms with Crippen LogP contribution >= 0.6 is 0 Å². The second kappa shape index (κ2) is 9.56. The van der Waals surface area contributed by atoms with Gasteiger partial charge in [-0.1, -0.05) is 39.0 Å². The number of nitrogens with one attached hydrogen (secondary N) is 1. The smallest absolute Gasteiger partial charge is 0.326 e. The van der Waals surface area contributed by atoms with E-state index in [1.165, 1.54) is 13.8 Å². The monoisotopic (exact) mass is 385 g/mol. The predicted molar refractivity (Wildman–Crippen MR) is 99.1 cm³/mol. The van der Waals surface area contributed by atoms with Gasteiger partial charge in [-0.25, -0.2) is 13.2 Å². The summed E-state index contributed by atoms with van der Waals surface area (Å²) in [6, 6.07) is 6.04. The number of hydrogen-bond acceptors (Lipinski definition) is 5. The first-order valence-corrected chi connectivity index (χ1v) is 10.4. The topological polar surface area (TPSA) is 110 Å². The zero-order chi connectivity index (χ0) is 19.9. The molecular weight excluding hydrogens is 358 g/mol. The lowest BCUT2D eigenvalue weighted by molar-refractivity contribution is -0.142. The van der Waals surface area contributed by atoms with Gasteiger partial charge < -0.3 is 15.2 Å². The normalized spacial score (nSPS) is 13.9. The summed E-state index contributed by atoms with van der Waals surface area (Å²) in [5, 5.41) is 11.6. The number of hydrogen-bond donors (Lipinski definition) is 2. The van der Waals surface area contributed by atoms with E-state index in [0.29, 0.717) is 5.75 Å². The Hall–Kier alpha value is -2.09. The number of sulfone groups is 1. The first-order valence-electron chi connectivity index (χ1n) is 8.56. The third kappa shape index (κ3) is 6.67. The van der Waals surface area contributed by atoms with E-state index in [1.807, 2.05) is 26.0 Å². The number of carbonyl (C=O) groups is 2. The summed E-state index contributed by atoms with van der Waals surface area (Å²) in [5.41, 5.74) is 0.941. The van der Waals surface area contributed by atoms with Gasteiger partial charge in [-0.3, -0.25) is 4.79 Å². The lowest BCUT2D eigenvalue weighted by Crippen LogP contribution is -2.47. The van der Waals surface area contributed by atoms with Gasteiger partial charge >= 0.3 is 5.97 Å². The minimum absolute atomic E-state index is 0.0706. The van der Waals surface area contributed by atoms with Gasteiger partial charge in [0.1, 0.15) is 21.6 Å². The van der Waals surface area contributed by atoms with Crippen molar-refractivity contribution in [2.24, 2.45) is 0 Å². The number of carbonyl (C=O) groups excluding carboxylic acids is 1. The molecule has 2 unspecified atom stereocenters. The van der Waals surface area contributed by atoms with Crippen molar-refractivity contribution in [1.29, 1.82) is 0 Å². The molecule has 0 spiro atoms. The molecule has 0 heterocycles. The van der Waals surface area contributed by atoms with E-state index in [-0.39, 0.29) is 23.8 Å². The number of para-hydroxylation sites is 1. The maximum Gasteiger partial charge on any atom is 0.326 e. The molecule has 1 amide bonds. The van der Waals surface area contributed by atoms with Crippen molar-refractivity contribution in [3.05, 3.63) is 29.8 Å². The fraction of sp³-hybridized carbons (Fsp3) is 0.556. The van der Waals surface area contributed by atoms with E-state index in [4.69, 9.17) is 4.74 Å². The van der Waals surface area contributed by atoms with Crippen molar-refractivity contribution in [3.63, 3.8) is 0 Å². The van der Waals surface area contributed by atoms with Gasteiger partial charge in [0, 0.05) is 5.75 Å². The summed E-state index contributed by atoms with van der Waals surface area (Å²) in [4.78, 5) is 23.6. The van der Waals surface area contributed by atoms with Crippen LogP contribution in [0.5, 0.6) is 5.75 Å². The number of benzene rings is 1. The van der Waals surface area contributed by atoms with Crippen LogP contribution in [-0.2, 0) is 19.4 Å². The number of amides is 1. The number of ether oxygens (including phenoxy) is 1. The first kappa shape index (κ1) is 22.0. The van der Waals surface area contributed by atoms with E-state index >= 15 is 0 Å². The maximum absolute atomic E-state index is 12.3. The molecule has 2 N–H and O–H groups in total. The summed E-state index contributed by atoms with van der Waals surface area (Å²) in [6.07, 6.45) is -1.11. The summed E-state index contributed by atoms with van der Waals surface area (Å²) < 4.78 is 28.8. The molecule has 0 aliphatic rings. The Morgan fingerprint density at radius 3 is 2.35 bits per heavy atom. The van der Waals surface area contributed by atoms with Crippen LogP contribution < -0.4 is 10.1 Å².